The fourth-order valence-electron chi connectivity index (χ4n) is 3.64. The molecule has 3 N–H and O–H groups in total. The van der Waals surface area contributed by atoms with Gasteiger partial charge in [0.1, 0.15) is 11.0 Å². The Morgan fingerprint density at radius 3 is 1.79 bits per heavy atom. The van der Waals surface area contributed by atoms with Crippen molar-refractivity contribution >= 4 is 16.7 Å². The van der Waals surface area contributed by atoms with Crippen LogP contribution in [0.2, 0.25) is 0 Å². The molecule has 1 heterocycles. The summed E-state index contributed by atoms with van der Waals surface area (Å²) in [6.45, 7) is 6.66. The number of nitrogens with one attached hydrogen (secondary N) is 1. The van der Waals surface area contributed by atoms with Crippen LogP contribution in [0.5, 0.6) is 0 Å². The van der Waals surface area contributed by atoms with Crippen molar-refractivity contribution in [3.05, 3.63) is 16.7 Å². The molecule has 24 heavy (non-hydrogen) atoms. The van der Waals surface area contributed by atoms with Gasteiger partial charge in [0.15, 0.2) is 0 Å². The molecule has 4 heteroatoms. The van der Waals surface area contributed by atoms with Crippen LogP contribution in [0.4, 0.5) is 5.69 Å². The smallest absolute Gasteiger partial charge is 0.118 e. The van der Waals surface area contributed by atoms with Crippen LogP contribution in [0, 0.1) is 0 Å². The van der Waals surface area contributed by atoms with E-state index in [4.69, 9.17) is 5.73 Å². The molecule has 0 spiro atoms. The van der Waals surface area contributed by atoms with E-state index >= 15 is 0 Å². The number of aromatic amines is 1. The van der Waals surface area contributed by atoms with Gasteiger partial charge in [-0.3, -0.25) is 0 Å². The minimum Gasteiger partial charge on any atom is -0.398 e. The summed E-state index contributed by atoms with van der Waals surface area (Å²) in [4.78, 5) is 0. The van der Waals surface area contributed by atoms with Gasteiger partial charge in [0.25, 0.3) is 0 Å². The molecule has 0 fully saturated rings. The molecular weight excluding hydrogens is 296 g/mol. The molecule has 2 aromatic rings. The molecule has 2 rings (SSSR count). The third kappa shape index (κ3) is 4.28. The molecule has 0 aliphatic rings. The van der Waals surface area contributed by atoms with Crippen LogP contribution in [-0.4, -0.2) is 15.4 Å². The monoisotopic (exact) mass is 330 g/mol. The molecule has 0 unspecified atom stereocenters. The van der Waals surface area contributed by atoms with E-state index in [2.05, 4.69) is 36.2 Å². The number of aromatic nitrogens is 3. The minimum atomic E-state index is 0.910. The molecule has 0 radical (unpaired) electrons. The third-order valence-electron chi connectivity index (χ3n) is 5.05. The number of unbranched alkanes of at least 4 members (excludes halogenated alkanes) is 6. The predicted octanol–water partition coefficient (Wildman–Crippen LogP) is 5.35. The summed E-state index contributed by atoms with van der Waals surface area (Å²) in [5.41, 5.74) is 13.5. The number of nitrogen functional groups attached to an aromatic ring is 1. The Hall–Kier alpha value is -1.58. The second-order valence-electron chi connectivity index (χ2n) is 6.85. The van der Waals surface area contributed by atoms with Gasteiger partial charge in [-0.1, -0.05) is 59.3 Å². The van der Waals surface area contributed by atoms with Crippen LogP contribution in [0.3, 0.4) is 0 Å². The van der Waals surface area contributed by atoms with Gasteiger partial charge in [0.2, 0.25) is 0 Å². The summed E-state index contributed by atoms with van der Waals surface area (Å²) in [5.74, 6) is 0. The number of fused-ring (bicyclic) bond motifs is 1. The van der Waals surface area contributed by atoms with E-state index in [1.54, 1.807) is 0 Å². The predicted molar refractivity (Wildman–Crippen MR) is 103 cm³/mol. The van der Waals surface area contributed by atoms with Crippen molar-refractivity contribution in [2.75, 3.05) is 5.73 Å². The van der Waals surface area contributed by atoms with Crippen LogP contribution < -0.4 is 5.73 Å². The Morgan fingerprint density at radius 1 is 0.708 bits per heavy atom. The van der Waals surface area contributed by atoms with Crippen molar-refractivity contribution in [1.29, 1.82) is 0 Å². The molecule has 0 atom stereocenters. The molecule has 1 aromatic carbocycles. The zero-order valence-corrected chi connectivity index (χ0v) is 15.7. The number of rotatable bonds is 11. The summed E-state index contributed by atoms with van der Waals surface area (Å²) in [5, 5.41) is 11.7. The lowest BCUT2D eigenvalue weighted by atomic mass is 9.90. The number of hydrogen-bond donors (Lipinski definition) is 2. The van der Waals surface area contributed by atoms with Gasteiger partial charge in [0.05, 0.1) is 0 Å². The van der Waals surface area contributed by atoms with Gasteiger partial charge >= 0.3 is 0 Å². The van der Waals surface area contributed by atoms with E-state index in [0.29, 0.717) is 0 Å². The van der Waals surface area contributed by atoms with E-state index in [0.717, 1.165) is 36.0 Å². The normalized spacial score (nSPS) is 11.5. The molecule has 0 aliphatic carbocycles. The zero-order chi connectivity index (χ0) is 17.4. The number of H-pyrrole nitrogens is 1. The molecular formula is C20H34N4. The van der Waals surface area contributed by atoms with Crippen molar-refractivity contribution in [2.45, 2.75) is 91.4 Å². The van der Waals surface area contributed by atoms with Crippen molar-refractivity contribution in [2.24, 2.45) is 0 Å². The summed E-state index contributed by atoms with van der Waals surface area (Å²) in [7, 11) is 0. The standard InChI is InChI=1S/C20H34N4/c1-4-7-9-11-13-16-17(14-12-10-8-5-2)20-19(22-24-23-20)15(6-3)18(16)21/h4-14,21H2,1-3H3,(H,22,23,24). The highest BCUT2D eigenvalue weighted by molar-refractivity contribution is 5.88. The van der Waals surface area contributed by atoms with Crippen LogP contribution in [0.15, 0.2) is 0 Å². The number of hydrogen-bond acceptors (Lipinski definition) is 3. The van der Waals surface area contributed by atoms with Crippen molar-refractivity contribution in [3.8, 4) is 0 Å². The average Bonchev–Trinajstić information content (AvgIpc) is 3.06. The van der Waals surface area contributed by atoms with Crippen molar-refractivity contribution < 1.29 is 0 Å². The van der Waals surface area contributed by atoms with E-state index < -0.39 is 0 Å². The topological polar surface area (TPSA) is 67.6 Å². The molecule has 134 valence electrons. The number of nitrogens with zero attached hydrogens (tertiary/aromatic N) is 2. The van der Waals surface area contributed by atoms with Crippen LogP contribution in [-0.2, 0) is 19.3 Å². The minimum absolute atomic E-state index is 0.910. The second-order valence-corrected chi connectivity index (χ2v) is 6.85. The molecule has 1 aromatic heterocycles. The molecule has 0 amide bonds. The lowest BCUT2D eigenvalue weighted by Gasteiger charge is -2.16. The Balaban J connectivity index is 2.32. The largest absolute Gasteiger partial charge is 0.398 e. The summed E-state index contributed by atoms with van der Waals surface area (Å²) in [6, 6.07) is 0. The number of anilines is 1. The Morgan fingerprint density at radius 2 is 1.25 bits per heavy atom. The first-order chi connectivity index (χ1) is 11.7. The van der Waals surface area contributed by atoms with Gasteiger partial charge in [-0.05, 0) is 43.2 Å². The van der Waals surface area contributed by atoms with Gasteiger partial charge in [-0.2, -0.15) is 15.4 Å². The summed E-state index contributed by atoms with van der Waals surface area (Å²) >= 11 is 0. The zero-order valence-electron chi connectivity index (χ0n) is 15.7. The summed E-state index contributed by atoms with van der Waals surface area (Å²) in [6.07, 6.45) is 13.2. The highest BCUT2D eigenvalue weighted by atomic mass is 15.3. The fourth-order valence-corrected chi connectivity index (χ4v) is 3.64. The Kier molecular flexibility index (Phi) is 7.54. The number of aryl methyl sites for hydroxylation is 2. The molecule has 0 saturated carbocycles. The molecule has 4 nitrogen and oxygen atoms in total. The highest BCUT2D eigenvalue weighted by Crippen LogP contribution is 2.33. The lowest BCUT2D eigenvalue weighted by molar-refractivity contribution is 0.652. The first-order valence-corrected chi connectivity index (χ1v) is 9.87. The van der Waals surface area contributed by atoms with E-state index in [1.165, 1.54) is 68.1 Å². The number of benzene rings is 1. The third-order valence-corrected chi connectivity index (χ3v) is 5.05. The number of nitrogens with two attached hydrogens (primary N) is 1. The first kappa shape index (κ1) is 18.8. The van der Waals surface area contributed by atoms with Crippen molar-refractivity contribution in [1.82, 2.24) is 15.4 Å². The maximum Gasteiger partial charge on any atom is 0.118 e. The average molecular weight is 331 g/mol. The summed E-state index contributed by atoms with van der Waals surface area (Å²) < 4.78 is 0. The Labute approximate surface area is 146 Å². The van der Waals surface area contributed by atoms with Gasteiger partial charge in [-0.15, -0.1) is 0 Å². The molecule has 0 bridgehead atoms. The maximum atomic E-state index is 6.58. The highest BCUT2D eigenvalue weighted by Gasteiger charge is 2.19. The Bertz CT molecular complexity index is 630. The van der Waals surface area contributed by atoms with Gasteiger partial charge < -0.3 is 5.73 Å². The quantitative estimate of drug-likeness (QED) is 0.431. The molecule has 0 aliphatic heterocycles. The van der Waals surface area contributed by atoms with E-state index in [9.17, 15) is 0 Å². The maximum absolute atomic E-state index is 6.58. The van der Waals surface area contributed by atoms with Crippen molar-refractivity contribution in [3.63, 3.8) is 0 Å². The molecule has 0 saturated heterocycles. The van der Waals surface area contributed by atoms with Crippen LogP contribution in [0.25, 0.3) is 11.0 Å². The van der Waals surface area contributed by atoms with Crippen LogP contribution >= 0.6 is 0 Å². The lowest BCUT2D eigenvalue weighted by Crippen LogP contribution is -2.07. The fraction of sp³-hybridized carbons (Fsp3) is 0.700. The van der Waals surface area contributed by atoms with E-state index in [-0.39, 0.29) is 0 Å². The van der Waals surface area contributed by atoms with E-state index in [1.807, 2.05) is 0 Å². The second kappa shape index (κ2) is 9.65. The first-order valence-electron chi connectivity index (χ1n) is 9.87. The van der Waals surface area contributed by atoms with Gasteiger partial charge in [0, 0.05) is 11.3 Å². The van der Waals surface area contributed by atoms with Gasteiger partial charge in [-0.25, -0.2) is 0 Å². The van der Waals surface area contributed by atoms with Crippen LogP contribution in [0.1, 0.15) is 88.8 Å². The SMILES string of the molecule is CCCCCCc1c(N)c(CC)c2n[nH]nc2c1CCCCCC.